The van der Waals surface area contributed by atoms with Gasteiger partial charge in [0.25, 0.3) is 10.0 Å². The van der Waals surface area contributed by atoms with Gasteiger partial charge in [-0.1, -0.05) is 23.7 Å². The van der Waals surface area contributed by atoms with Crippen LogP contribution in [0.5, 0.6) is 5.75 Å². The highest BCUT2D eigenvalue weighted by molar-refractivity contribution is 7.93. The van der Waals surface area contributed by atoms with Crippen LogP contribution < -0.4 is 14.8 Å². The summed E-state index contributed by atoms with van der Waals surface area (Å²) in [6, 6.07) is 8.90. The lowest BCUT2D eigenvalue weighted by molar-refractivity contribution is 0.190. The van der Waals surface area contributed by atoms with Crippen LogP contribution in [-0.2, 0) is 10.0 Å². The maximum atomic E-state index is 14.6. The molecule has 7 nitrogen and oxygen atoms in total. The van der Waals surface area contributed by atoms with Crippen LogP contribution in [0.2, 0.25) is 5.02 Å². The Kier molecular flexibility index (Phi) is 6.89. The largest absolute Gasteiger partial charge is 0.490 e. The zero-order valence-corrected chi connectivity index (χ0v) is 19.0. The minimum atomic E-state index is -4.37. The van der Waals surface area contributed by atoms with Crippen molar-refractivity contribution in [2.24, 2.45) is 5.92 Å². The number of nitrogens with one attached hydrogen (secondary N) is 2. The summed E-state index contributed by atoms with van der Waals surface area (Å²) in [5.74, 6) is -2.28. The molecule has 0 bridgehead atoms. The van der Waals surface area contributed by atoms with E-state index < -0.39 is 26.6 Å². The number of ether oxygens (including phenoxy) is 1. The Bertz CT molecular complexity index is 1180. The smallest absolute Gasteiger partial charge is 0.266 e. The van der Waals surface area contributed by atoms with Gasteiger partial charge in [-0.25, -0.2) is 22.2 Å². The Balaban J connectivity index is 1.49. The molecule has 1 saturated heterocycles. The van der Waals surface area contributed by atoms with Crippen LogP contribution in [0.3, 0.4) is 0 Å². The lowest BCUT2D eigenvalue weighted by Crippen LogP contribution is -2.38. The van der Waals surface area contributed by atoms with E-state index in [1.54, 1.807) is 0 Å². The Morgan fingerprint density at radius 1 is 1.22 bits per heavy atom. The summed E-state index contributed by atoms with van der Waals surface area (Å²) in [5.41, 5.74) is 1.10. The van der Waals surface area contributed by atoms with Crippen molar-refractivity contribution in [3.05, 3.63) is 64.9 Å². The van der Waals surface area contributed by atoms with E-state index in [0.717, 1.165) is 42.5 Å². The Labute approximate surface area is 193 Å². The number of hydrogen-bond acceptors (Lipinski definition) is 7. The minimum Gasteiger partial charge on any atom is -0.490 e. The lowest BCUT2D eigenvalue weighted by atomic mass is 9.81. The molecule has 0 amide bonds. The van der Waals surface area contributed by atoms with Crippen molar-refractivity contribution in [1.29, 1.82) is 0 Å². The topological polar surface area (TPSA) is 93.2 Å². The van der Waals surface area contributed by atoms with Gasteiger partial charge < -0.3 is 10.1 Å². The van der Waals surface area contributed by atoms with E-state index in [0.29, 0.717) is 17.6 Å². The Morgan fingerprint density at radius 3 is 2.72 bits per heavy atom. The molecule has 0 aliphatic carbocycles. The summed E-state index contributed by atoms with van der Waals surface area (Å²) < 4.78 is 65.3. The molecule has 2 heterocycles. The quantitative estimate of drug-likeness (QED) is 0.508. The fraction of sp³-hybridized carbons (Fsp3) is 0.300. The van der Waals surface area contributed by atoms with E-state index in [1.165, 1.54) is 0 Å². The number of benzene rings is 2. The molecular formula is C20H19ClF2N4O3S2. The first kappa shape index (κ1) is 22.8. The van der Waals surface area contributed by atoms with Gasteiger partial charge in [0.1, 0.15) is 17.0 Å². The molecule has 0 unspecified atom stereocenters. The highest BCUT2D eigenvalue weighted by Gasteiger charge is 2.28. The molecule has 0 radical (unpaired) electrons. The Morgan fingerprint density at radius 2 is 2.00 bits per heavy atom. The second-order valence-electron chi connectivity index (χ2n) is 7.29. The van der Waals surface area contributed by atoms with Gasteiger partial charge in [-0.3, -0.25) is 4.72 Å². The van der Waals surface area contributed by atoms with Crippen LogP contribution in [-0.4, -0.2) is 37.5 Å². The Hall–Kier alpha value is -2.34. The van der Waals surface area contributed by atoms with Gasteiger partial charge >= 0.3 is 0 Å². The first-order chi connectivity index (χ1) is 15.3. The van der Waals surface area contributed by atoms with Crippen molar-refractivity contribution >= 4 is 38.3 Å². The fourth-order valence-electron chi connectivity index (χ4n) is 3.66. The number of halogens is 3. The zero-order chi connectivity index (χ0) is 22.7. The maximum absolute atomic E-state index is 14.6. The lowest BCUT2D eigenvalue weighted by Gasteiger charge is -2.32. The monoisotopic (exact) mass is 500 g/mol. The summed E-state index contributed by atoms with van der Waals surface area (Å²) >= 11 is 6.75. The van der Waals surface area contributed by atoms with Gasteiger partial charge in [0, 0.05) is 41.2 Å². The first-order valence-corrected chi connectivity index (χ1v) is 12.3. The average molecular weight is 501 g/mol. The highest BCUT2D eigenvalue weighted by Crippen LogP contribution is 2.33. The second kappa shape index (κ2) is 9.65. The summed E-state index contributed by atoms with van der Waals surface area (Å²) in [7, 11) is -4.37. The molecule has 2 N–H and O–H groups in total. The molecule has 1 aromatic heterocycles. The standard InChI is InChI=1S/C20H19ClF2N4O3S2/c21-14-3-1-12(2-4-14)15-5-6-24-9-13(15)10-30-18-7-17(23)19(8-16(18)22)32(28,29)27-20-25-11-26-31-20/h1-4,7-8,11,13,15,24H,5-6,9-10H2,(H,25,26,27)/t13-,15+/m0/s1. The molecular weight excluding hydrogens is 482 g/mol. The van der Waals surface area contributed by atoms with Crippen molar-refractivity contribution in [1.82, 2.24) is 14.7 Å². The predicted octanol–water partition coefficient (Wildman–Crippen LogP) is 4.04. The normalized spacial score (nSPS) is 19.0. The van der Waals surface area contributed by atoms with Gasteiger partial charge in [0.15, 0.2) is 11.6 Å². The van der Waals surface area contributed by atoms with E-state index >= 15 is 0 Å². The van der Waals surface area contributed by atoms with Crippen LogP contribution in [0, 0.1) is 17.6 Å². The van der Waals surface area contributed by atoms with Crippen LogP contribution >= 0.6 is 23.1 Å². The summed E-state index contributed by atoms with van der Waals surface area (Å²) in [5, 5.41) is 3.88. The molecule has 1 aliphatic rings. The third-order valence-electron chi connectivity index (χ3n) is 5.22. The van der Waals surface area contributed by atoms with Gasteiger partial charge in [-0.15, -0.1) is 0 Å². The molecule has 1 aliphatic heterocycles. The van der Waals surface area contributed by atoms with E-state index in [1.807, 2.05) is 24.3 Å². The SMILES string of the molecule is O=S(=O)(Nc1ncns1)c1cc(F)c(OC[C@@H]2CNCC[C@@H]2c2ccc(Cl)cc2)cc1F. The van der Waals surface area contributed by atoms with Crippen molar-refractivity contribution in [2.75, 3.05) is 24.4 Å². The van der Waals surface area contributed by atoms with Crippen LogP contribution in [0.15, 0.2) is 47.6 Å². The third kappa shape index (κ3) is 5.17. The van der Waals surface area contributed by atoms with Gasteiger partial charge in [-0.2, -0.15) is 4.37 Å². The molecule has 2 aromatic carbocycles. The molecule has 3 aromatic rings. The minimum absolute atomic E-state index is 0.00913. The molecule has 1 fully saturated rings. The molecule has 12 heteroatoms. The number of aromatic nitrogens is 2. The number of hydrogen-bond donors (Lipinski definition) is 2. The average Bonchev–Trinajstić information content (AvgIpc) is 3.27. The summed E-state index contributed by atoms with van der Waals surface area (Å²) in [6.45, 7) is 1.61. The van der Waals surface area contributed by atoms with E-state index in [2.05, 4.69) is 19.4 Å². The van der Waals surface area contributed by atoms with Crippen LogP contribution in [0.1, 0.15) is 17.9 Å². The predicted molar refractivity (Wildman–Crippen MR) is 118 cm³/mol. The van der Waals surface area contributed by atoms with Crippen LogP contribution in [0.25, 0.3) is 0 Å². The highest BCUT2D eigenvalue weighted by atomic mass is 35.5. The van der Waals surface area contributed by atoms with Crippen LogP contribution in [0.4, 0.5) is 13.9 Å². The molecule has 170 valence electrons. The number of anilines is 1. The van der Waals surface area contributed by atoms with Gasteiger partial charge in [0.2, 0.25) is 5.13 Å². The molecule has 0 saturated carbocycles. The van der Waals surface area contributed by atoms with Crippen molar-refractivity contribution < 1.29 is 21.9 Å². The molecule has 32 heavy (non-hydrogen) atoms. The van der Waals surface area contributed by atoms with E-state index in [9.17, 15) is 17.2 Å². The zero-order valence-electron chi connectivity index (χ0n) is 16.6. The number of rotatable bonds is 7. The maximum Gasteiger partial charge on any atom is 0.266 e. The van der Waals surface area contributed by atoms with Gasteiger partial charge in [-0.05, 0) is 36.6 Å². The van der Waals surface area contributed by atoms with Crippen molar-refractivity contribution in [2.45, 2.75) is 17.2 Å². The number of nitrogens with zero attached hydrogens (tertiary/aromatic N) is 2. The van der Waals surface area contributed by atoms with Gasteiger partial charge in [0.05, 0.1) is 6.61 Å². The summed E-state index contributed by atoms with van der Waals surface area (Å²) in [4.78, 5) is 2.84. The second-order valence-corrected chi connectivity index (χ2v) is 10.2. The number of piperidine rings is 1. The first-order valence-electron chi connectivity index (χ1n) is 9.71. The third-order valence-corrected chi connectivity index (χ3v) is 7.53. The molecule has 4 rings (SSSR count). The fourth-order valence-corrected chi connectivity index (χ4v) is 5.52. The molecule has 2 atom stereocenters. The van der Waals surface area contributed by atoms with E-state index in [4.69, 9.17) is 16.3 Å². The van der Waals surface area contributed by atoms with E-state index in [-0.39, 0.29) is 29.3 Å². The number of sulfonamides is 1. The van der Waals surface area contributed by atoms with Crippen molar-refractivity contribution in [3.63, 3.8) is 0 Å². The molecule has 0 spiro atoms. The summed E-state index contributed by atoms with van der Waals surface area (Å²) in [6.07, 6.45) is 2.01. The van der Waals surface area contributed by atoms with Crippen molar-refractivity contribution in [3.8, 4) is 5.75 Å².